The lowest BCUT2D eigenvalue weighted by Gasteiger charge is -2.02. The largest absolute Gasteiger partial charge is 0.478 e. The van der Waals surface area contributed by atoms with Gasteiger partial charge in [0.05, 0.1) is 11.7 Å². The molecule has 0 bridgehead atoms. The first-order chi connectivity index (χ1) is 7.32. The number of halogens is 3. The topological polar surface area (TPSA) is 55.1 Å². The molecule has 0 amide bonds. The van der Waals surface area contributed by atoms with Crippen molar-refractivity contribution in [2.75, 3.05) is 0 Å². The fourth-order valence-electron chi connectivity index (χ4n) is 1.65. The molecule has 1 aliphatic carbocycles. The van der Waals surface area contributed by atoms with Gasteiger partial charge in [0.25, 0.3) is 0 Å². The molecule has 0 radical (unpaired) electrons. The average molecular weight is 234 g/mol. The molecule has 4 nitrogen and oxygen atoms in total. The number of carbonyl (C=O) groups is 1. The van der Waals surface area contributed by atoms with Crippen molar-refractivity contribution < 1.29 is 23.1 Å². The Morgan fingerprint density at radius 3 is 2.38 bits per heavy atom. The van der Waals surface area contributed by atoms with Crippen molar-refractivity contribution in [3.8, 4) is 0 Å². The Labute approximate surface area is 88.7 Å². The summed E-state index contributed by atoms with van der Waals surface area (Å²) in [5.74, 6) is -1.59. The molecule has 7 heteroatoms. The number of hydrogen-bond donors (Lipinski definition) is 1. The fraction of sp³-hybridized carbons (Fsp3) is 0.556. The molecule has 1 heterocycles. The smallest absolute Gasteiger partial charge is 0.436 e. The predicted molar refractivity (Wildman–Crippen MR) is 47.2 cm³/mol. The molecule has 1 aromatic heterocycles. The Kier molecular flexibility index (Phi) is 2.21. The van der Waals surface area contributed by atoms with Crippen molar-refractivity contribution in [1.29, 1.82) is 0 Å². The quantitative estimate of drug-likeness (QED) is 0.853. The summed E-state index contributed by atoms with van der Waals surface area (Å²) >= 11 is 0. The van der Waals surface area contributed by atoms with E-state index in [2.05, 4.69) is 5.10 Å². The summed E-state index contributed by atoms with van der Waals surface area (Å²) in [5.41, 5.74) is -1.97. The van der Waals surface area contributed by atoms with E-state index < -0.39 is 23.4 Å². The summed E-state index contributed by atoms with van der Waals surface area (Å²) in [4.78, 5) is 10.8. The van der Waals surface area contributed by atoms with Crippen LogP contribution in [0.15, 0.2) is 0 Å². The van der Waals surface area contributed by atoms with Crippen LogP contribution < -0.4 is 0 Å². The number of rotatable bonds is 2. The predicted octanol–water partition coefficient (Wildman–Crippen LogP) is 2.24. The van der Waals surface area contributed by atoms with E-state index in [-0.39, 0.29) is 11.7 Å². The van der Waals surface area contributed by atoms with Gasteiger partial charge in [-0.1, -0.05) is 0 Å². The lowest BCUT2D eigenvalue weighted by molar-refractivity contribution is -0.142. The van der Waals surface area contributed by atoms with Crippen LogP contribution in [0.3, 0.4) is 0 Å². The summed E-state index contributed by atoms with van der Waals surface area (Å²) < 4.78 is 38.8. The van der Waals surface area contributed by atoms with E-state index in [1.54, 1.807) is 0 Å². The van der Waals surface area contributed by atoms with Crippen LogP contribution in [0, 0.1) is 6.92 Å². The van der Waals surface area contributed by atoms with Crippen molar-refractivity contribution >= 4 is 5.97 Å². The highest BCUT2D eigenvalue weighted by Gasteiger charge is 2.42. The Hall–Kier alpha value is -1.53. The molecule has 1 saturated carbocycles. The second kappa shape index (κ2) is 3.23. The van der Waals surface area contributed by atoms with Crippen LogP contribution in [-0.4, -0.2) is 20.9 Å². The molecule has 0 spiro atoms. The molecule has 2 rings (SSSR count). The van der Waals surface area contributed by atoms with Gasteiger partial charge in [-0.15, -0.1) is 0 Å². The normalized spacial score (nSPS) is 16.5. The van der Waals surface area contributed by atoms with E-state index in [1.807, 2.05) is 0 Å². The van der Waals surface area contributed by atoms with Gasteiger partial charge < -0.3 is 5.11 Å². The minimum Gasteiger partial charge on any atom is -0.478 e. The van der Waals surface area contributed by atoms with Crippen molar-refractivity contribution in [1.82, 2.24) is 9.78 Å². The van der Waals surface area contributed by atoms with Crippen LogP contribution in [0.25, 0.3) is 0 Å². The molecule has 0 aromatic carbocycles. The first-order valence-corrected chi connectivity index (χ1v) is 4.72. The van der Waals surface area contributed by atoms with E-state index in [0.717, 1.165) is 12.8 Å². The van der Waals surface area contributed by atoms with Gasteiger partial charge in [-0.05, 0) is 19.8 Å². The van der Waals surface area contributed by atoms with Gasteiger partial charge in [-0.2, -0.15) is 18.3 Å². The third kappa shape index (κ3) is 1.66. The zero-order chi connectivity index (χ0) is 12.1. The van der Waals surface area contributed by atoms with Gasteiger partial charge >= 0.3 is 12.1 Å². The van der Waals surface area contributed by atoms with E-state index in [4.69, 9.17) is 5.11 Å². The summed E-state index contributed by atoms with van der Waals surface area (Å²) in [6.07, 6.45) is -3.23. The summed E-state index contributed by atoms with van der Waals surface area (Å²) in [6, 6.07) is -0.0748. The van der Waals surface area contributed by atoms with Gasteiger partial charge in [0, 0.05) is 0 Å². The van der Waals surface area contributed by atoms with Crippen molar-refractivity contribution in [2.45, 2.75) is 32.0 Å². The average Bonchev–Trinajstić information content (AvgIpc) is 2.87. The number of aromatic carboxylic acids is 1. The van der Waals surface area contributed by atoms with Gasteiger partial charge in [0.1, 0.15) is 5.56 Å². The number of alkyl halides is 3. The summed E-state index contributed by atoms with van der Waals surface area (Å²) in [5, 5.41) is 12.1. The number of nitrogens with zero attached hydrogens (tertiary/aromatic N) is 2. The van der Waals surface area contributed by atoms with Crippen molar-refractivity contribution in [3.05, 3.63) is 17.0 Å². The molecular formula is C9H9F3N2O2. The summed E-state index contributed by atoms with van der Waals surface area (Å²) in [6.45, 7) is 1.35. The van der Waals surface area contributed by atoms with Crippen LogP contribution in [0.2, 0.25) is 0 Å². The standard InChI is InChI=1S/C9H9F3N2O2/c1-4-6(8(15)16)7(9(10,11)12)13-14(4)5-2-3-5/h5H,2-3H2,1H3,(H,15,16). The van der Waals surface area contributed by atoms with E-state index >= 15 is 0 Å². The van der Waals surface area contributed by atoms with Gasteiger partial charge in [0.2, 0.25) is 0 Å². The molecule has 1 N–H and O–H groups in total. The first-order valence-electron chi connectivity index (χ1n) is 4.72. The molecule has 0 atom stereocenters. The zero-order valence-corrected chi connectivity index (χ0v) is 8.38. The fourth-order valence-corrected chi connectivity index (χ4v) is 1.65. The Morgan fingerprint density at radius 1 is 1.50 bits per heavy atom. The molecule has 1 aromatic rings. The Balaban J connectivity index is 2.58. The second-order valence-corrected chi connectivity index (χ2v) is 3.79. The van der Waals surface area contributed by atoms with Crippen LogP contribution in [0.1, 0.15) is 40.6 Å². The van der Waals surface area contributed by atoms with E-state index in [0.29, 0.717) is 0 Å². The second-order valence-electron chi connectivity index (χ2n) is 3.79. The molecule has 0 saturated heterocycles. The van der Waals surface area contributed by atoms with Crippen molar-refractivity contribution in [2.24, 2.45) is 0 Å². The van der Waals surface area contributed by atoms with Crippen LogP contribution in [0.5, 0.6) is 0 Å². The number of carboxylic acids is 1. The monoisotopic (exact) mass is 234 g/mol. The maximum Gasteiger partial charge on any atom is 0.436 e. The van der Waals surface area contributed by atoms with E-state index in [1.165, 1.54) is 11.6 Å². The molecule has 16 heavy (non-hydrogen) atoms. The van der Waals surface area contributed by atoms with Crippen LogP contribution in [-0.2, 0) is 6.18 Å². The highest BCUT2D eigenvalue weighted by molar-refractivity contribution is 5.90. The molecule has 0 unspecified atom stereocenters. The van der Waals surface area contributed by atoms with Crippen molar-refractivity contribution in [3.63, 3.8) is 0 Å². The summed E-state index contributed by atoms with van der Waals surface area (Å²) in [7, 11) is 0. The van der Waals surface area contributed by atoms with Crippen LogP contribution in [0.4, 0.5) is 13.2 Å². The molecule has 0 aliphatic heterocycles. The van der Waals surface area contributed by atoms with Gasteiger partial charge in [-0.25, -0.2) is 4.79 Å². The highest BCUT2D eigenvalue weighted by atomic mass is 19.4. The molecule has 88 valence electrons. The lowest BCUT2D eigenvalue weighted by atomic mass is 10.2. The van der Waals surface area contributed by atoms with Crippen LogP contribution >= 0.6 is 0 Å². The number of carboxylic acid groups (broad SMARTS) is 1. The lowest BCUT2D eigenvalue weighted by Crippen LogP contribution is -2.12. The highest BCUT2D eigenvalue weighted by Crippen LogP contribution is 2.39. The maximum absolute atomic E-state index is 12.5. The Morgan fingerprint density at radius 2 is 2.06 bits per heavy atom. The van der Waals surface area contributed by atoms with E-state index in [9.17, 15) is 18.0 Å². The van der Waals surface area contributed by atoms with Gasteiger partial charge in [-0.3, -0.25) is 4.68 Å². The zero-order valence-electron chi connectivity index (χ0n) is 8.38. The molecule has 1 aliphatic rings. The Bertz CT molecular complexity index is 446. The maximum atomic E-state index is 12.5. The first kappa shape index (κ1) is 11.0. The minimum atomic E-state index is -4.72. The molecule has 1 fully saturated rings. The minimum absolute atomic E-state index is 0.0716. The molecular weight excluding hydrogens is 225 g/mol. The number of hydrogen-bond acceptors (Lipinski definition) is 2. The third-order valence-corrected chi connectivity index (χ3v) is 2.53. The van der Waals surface area contributed by atoms with Gasteiger partial charge in [0.15, 0.2) is 5.69 Å². The SMILES string of the molecule is Cc1c(C(=O)O)c(C(F)(F)F)nn1C1CC1. The third-order valence-electron chi connectivity index (χ3n) is 2.53. The number of aromatic nitrogens is 2.